The summed E-state index contributed by atoms with van der Waals surface area (Å²) in [6.45, 7) is 2.19. The van der Waals surface area contributed by atoms with Crippen molar-refractivity contribution in [3.05, 3.63) is 62.0 Å². The molecule has 0 atom stereocenters. The van der Waals surface area contributed by atoms with Crippen LogP contribution in [0.1, 0.15) is 42.5 Å². The number of benzene rings is 1. The lowest BCUT2D eigenvalue weighted by molar-refractivity contribution is -0.131. The average Bonchev–Trinajstić information content (AvgIpc) is 2.71. The normalized spacial score (nSPS) is 17.4. The number of fused-ring (bicyclic) bond motifs is 1. The van der Waals surface area contributed by atoms with Gasteiger partial charge in [-0.1, -0.05) is 28.1 Å². The number of aromatic nitrogens is 2. The molecule has 0 bridgehead atoms. The van der Waals surface area contributed by atoms with Crippen LogP contribution in [0, 0.1) is 5.92 Å². The smallest absolute Gasteiger partial charge is 0.267 e. The SMILES string of the molecule is O=C(Cc1ccc(Br)cc1)N1CCC(Cn2nc3c(cc2=O)CCCC3)CC1. The minimum Gasteiger partial charge on any atom is -0.342 e. The monoisotopic (exact) mass is 443 g/mol. The molecule has 1 aromatic heterocycles. The average molecular weight is 444 g/mol. The molecule has 0 spiro atoms. The third kappa shape index (κ3) is 4.54. The summed E-state index contributed by atoms with van der Waals surface area (Å²) < 4.78 is 2.68. The number of carbonyl (C=O) groups is 1. The highest BCUT2D eigenvalue weighted by Crippen LogP contribution is 2.21. The van der Waals surface area contributed by atoms with Crippen molar-refractivity contribution >= 4 is 21.8 Å². The van der Waals surface area contributed by atoms with Crippen molar-refractivity contribution in [2.75, 3.05) is 13.1 Å². The van der Waals surface area contributed by atoms with E-state index in [1.54, 1.807) is 10.7 Å². The van der Waals surface area contributed by atoms with Gasteiger partial charge in [-0.05, 0) is 67.7 Å². The Morgan fingerprint density at radius 2 is 1.82 bits per heavy atom. The Morgan fingerprint density at radius 1 is 1.11 bits per heavy atom. The molecule has 1 amide bonds. The largest absolute Gasteiger partial charge is 0.342 e. The highest BCUT2D eigenvalue weighted by Gasteiger charge is 2.24. The van der Waals surface area contributed by atoms with Crippen LogP contribution in [0.2, 0.25) is 0 Å². The van der Waals surface area contributed by atoms with Gasteiger partial charge in [-0.15, -0.1) is 0 Å². The van der Waals surface area contributed by atoms with E-state index < -0.39 is 0 Å². The molecule has 0 saturated carbocycles. The first-order chi connectivity index (χ1) is 13.6. The Kier molecular flexibility index (Phi) is 5.95. The number of hydrogen-bond donors (Lipinski definition) is 0. The van der Waals surface area contributed by atoms with Crippen LogP contribution < -0.4 is 5.56 Å². The van der Waals surface area contributed by atoms with E-state index in [0.717, 1.165) is 72.9 Å². The van der Waals surface area contributed by atoms with Gasteiger partial charge in [0.25, 0.3) is 5.56 Å². The Labute approximate surface area is 173 Å². The second-order valence-corrected chi connectivity index (χ2v) is 8.89. The number of rotatable bonds is 4. The quantitative estimate of drug-likeness (QED) is 0.727. The number of nitrogens with zero attached hydrogens (tertiary/aromatic N) is 3. The van der Waals surface area contributed by atoms with Gasteiger partial charge in [0.2, 0.25) is 5.91 Å². The van der Waals surface area contributed by atoms with E-state index in [-0.39, 0.29) is 11.5 Å². The Bertz CT molecular complexity index is 899. The first-order valence-corrected chi connectivity index (χ1v) is 11.0. The first-order valence-electron chi connectivity index (χ1n) is 10.2. The van der Waals surface area contributed by atoms with Gasteiger partial charge in [-0.25, -0.2) is 4.68 Å². The molecular formula is C22H26BrN3O2. The van der Waals surface area contributed by atoms with E-state index in [4.69, 9.17) is 0 Å². The van der Waals surface area contributed by atoms with E-state index in [1.807, 2.05) is 29.2 Å². The molecule has 1 saturated heterocycles. The fraction of sp³-hybridized carbons (Fsp3) is 0.500. The third-order valence-corrected chi connectivity index (χ3v) is 6.47. The number of halogens is 1. The maximum Gasteiger partial charge on any atom is 0.267 e. The molecule has 2 aromatic rings. The Balaban J connectivity index is 1.32. The van der Waals surface area contributed by atoms with Crippen molar-refractivity contribution in [1.29, 1.82) is 0 Å². The zero-order chi connectivity index (χ0) is 19.5. The van der Waals surface area contributed by atoms with Gasteiger partial charge in [-0.3, -0.25) is 9.59 Å². The minimum absolute atomic E-state index is 0.0226. The van der Waals surface area contributed by atoms with Gasteiger partial charge in [0, 0.05) is 30.2 Å². The van der Waals surface area contributed by atoms with Crippen LogP contribution in [-0.2, 0) is 30.6 Å². The van der Waals surface area contributed by atoms with Gasteiger partial charge in [0.05, 0.1) is 12.1 Å². The van der Waals surface area contributed by atoms with Gasteiger partial charge in [-0.2, -0.15) is 5.10 Å². The van der Waals surface area contributed by atoms with E-state index in [0.29, 0.717) is 18.9 Å². The molecule has 0 unspecified atom stereocenters. The lowest BCUT2D eigenvalue weighted by Gasteiger charge is -2.32. The summed E-state index contributed by atoms with van der Waals surface area (Å²) in [5, 5.41) is 4.64. The lowest BCUT2D eigenvalue weighted by Crippen LogP contribution is -2.41. The predicted octanol–water partition coefficient (Wildman–Crippen LogP) is 3.37. The fourth-order valence-electron chi connectivity index (χ4n) is 4.23. The lowest BCUT2D eigenvalue weighted by atomic mass is 9.95. The number of carbonyl (C=O) groups excluding carboxylic acids is 1. The van der Waals surface area contributed by atoms with Gasteiger partial charge in [0.1, 0.15) is 0 Å². The maximum absolute atomic E-state index is 12.6. The molecule has 148 valence electrons. The molecule has 1 fully saturated rings. The number of amides is 1. The molecule has 1 aromatic carbocycles. The van der Waals surface area contributed by atoms with Crippen LogP contribution in [0.25, 0.3) is 0 Å². The molecule has 0 radical (unpaired) electrons. The molecule has 4 rings (SSSR count). The molecule has 0 N–H and O–H groups in total. The molecular weight excluding hydrogens is 418 g/mol. The molecule has 1 aliphatic heterocycles. The van der Waals surface area contributed by atoms with Crippen molar-refractivity contribution in [2.24, 2.45) is 5.92 Å². The summed E-state index contributed by atoms with van der Waals surface area (Å²) >= 11 is 3.42. The van der Waals surface area contributed by atoms with E-state index in [1.165, 1.54) is 0 Å². The molecule has 1 aliphatic carbocycles. The maximum atomic E-state index is 12.6. The van der Waals surface area contributed by atoms with Crippen molar-refractivity contribution in [3.63, 3.8) is 0 Å². The van der Waals surface area contributed by atoms with Crippen LogP contribution in [-0.4, -0.2) is 33.7 Å². The van der Waals surface area contributed by atoms with Crippen LogP contribution >= 0.6 is 15.9 Å². The first kappa shape index (κ1) is 19.4. The van der Waals surface area contributed by atoms with Gasteiger partial charge < -0.3 is 4.90 Å². The molecule has 2 heterocycles. The van der Waals surface area contributed by atoms with Crippen molar-refractivity contribution in [2.45, 2.75) is 51.5 Å². The molecule has 5 nitrogen and oxygen atoms in total. The summed E-state index contributed by atoms with van der Waals surface area (Å²) in [5.41, 5.74) is 3.31. The molecule has 2 aliphatic rings. The van der Waals surface area contributed by atoms with Gasteiger partial charge in [0.15, 0.2) is 0 Å². The fourth-order valence-corrected chi connectivity index (χ4v) is 4.49. The highest BCUT2D eigenvalue weighted by atomic mass is 79.9. The standard InChI is InChI=1S/C22H26BrN3O2/c23-19-7-5-16(6-8-19)13-21(27)25-11-9-17(10-12-25)15-26-22(28)14-18-3-1-2-4-20(18)24-26/h5-8,14,17H,1-4,9-13,15H2. The minimum atomic E-state index is 0.0226. The van der Waals surface area contributed by atoms with E-state index in [2.05, 4.69) is 21.0 Å². The number of aryl methyl sites for hydroxylation is 2. The Morgan fingerprint density at radius 3 is 2.57 bits per heavy atom. The summed E-state index contributed by atoms with van der Waals surface area (Å²) in [7, 11) is 0. The zero-order valence-corrected chi connectivity index (χ0v) is 17.7. The highest BCUT2D eigenvalue weighted by molar-refractivity contribution is 9.10. The Hall–Kier alpha value is -1.95. The third-order valence-electron chi connectivity index (χ3n) is 5.94. The second kappa shape index (κ2) is 8.60. The summed E-state index contributed by atoms with van der Waals surface area (Å²) in [6, 6.07) is 9.71. The predicted molar refractivity (Wildman–Crippen MR) is 112 cm³/mol. The van der Waals surface area contributed by atoms with Gasteiger partial charge >= 0.3 is 0 Å². The summed E-state index contributed by atoms with van der Waals surface area (Å²) in [6.07, 6.45) is 6.59. The van der Waals surface area contributed by atoms with E-state index >= 15 is 0 Å². The van der Waals surface area contributed by atoms with E-state index in [9.17, 15) is 9.59 Å². The van der Waals surface area contributed by atoms with Crippen LogP contribution in [0.3, 0.4) is 0 Å². The topological polar surface area (TPSA) is 55.2 Å². The molecule has 28 heavy (non-hydrogen) atoms. The number of piperidine rings is 1. The molecule has 6 heteroatoms. The van der Waals surface area contributed by atoms with Crippen LogP contribution in [0.15, 0.2) is 39.6 Å². The van der Waals surface area contributed by atoms with Crippen molar-refractivity contribution in [3.8, 4) is 0 Å². The van der Waals surface area contributed by atoms with Crippen LogP contribution in [0.4, 0.5) is 0 Å². The van der Waals surface area contributed by atoms with Crippen molar-refractivity contribution < 1.29 is 4.79 Å². The summed E-state index contributed by atoms with van der Waals surface area (Å²) in [4.78, 5) is 26.9. The van der Waals surface area contributed by atoms with Crippen molar-refractivity contribution in [1.82, 2.24) is 14.7 Å². The number of hydrogen-bond acceptors (Lipinski definition) is 3. The second-order valence-electron chi connectivity index (χ2n) is 7.97. The summed E-state index contributed by atoms with van der Waals surface area (Å²) in [5.74, 6) is 0.591. The zero-order valence-electron chi connectivity index (χ0n) is 16.1. The van der Waals surface area contributed by atoms with Crippen LogP contribution in [0.5, 0.6) is 0 Å². The number of likely N-dealkylation sites (tertiary alicyclic amines) is 1.